The second kappa shape index (κ2) is 20.4. The van der Waals surface area contributed by atoms with Gasteiger partial charge in [0.2, 0.25) is 15.9 Å². The number of phenolic OH excluding ortho intramolecular Hbond substituents is 1. The molecule has 1 fully saturated rings. The van der Waals surface area contributed by atoms with Crippen LogP contribution >= 0.6 is 0 Å². The van der Waals surface area contributed by atoms with E-state index in [1.807, 2.05) is 122 Å². The molecular formula is C50H53N3O8S. The summed E-state index contributed by atoms with van der Waals surface area (Å²) in [5.74, 6) is -0.337. The second-order valence-electron chi connectivity index (χ2n) is 15.9. The second-order valence-corrected chi connectivity index (χ2v) is 17.6. The number of aliphatic hydroxyl groups is 2. The van der Waals surface area contributed by atoms with Gasteiger partial charge in [0.05, 0.1) is 29.8 Å². The number of carbonyl (C=O) groups excluding carboxylic acids is 1. The number of benzene rings is 6. The van der Waals surface area contributed by atoms with E-state index in [-0.39, 0.29) is 42.4 Å². The standard InChI is InChI=1S/C50H53N3O8S/c1-34-14-24-45(25-15-34)62(58,59)52-46(27-35-8-4-3-5-9-35)49(57)51-30-37-10-6-11-41(26-37)38-20-22-40(23-21-38)50-60-44(29-48(61-50)39-18-16-36(33-54)17-19-39)31-53(2)32-47(56)42-12-7-13-43(55)28-42/h3-26,28,44,46-48,50,52,54-56H,27,29-33H2,1-2H3,(H,51,57)/t44-,46+,47+,48+,50+/m0/s1. The van der Waals surface area contributed by atoms with Crippen LogP contribution in [0, 0.1) is 6.92 Å². The minimum Gasteiger partial charge on any atom is -0.508 e. The number of sulfonamides is 1. The Bertz CT molecular complexity index is 2500. The van der Waals surface area contributed by atoms with Gasteiger partial charge in [0, 0.05) is 31.6 Å². The molecule has 11 nitrogen and oxygen atoms in total. The van der Waals surface area contributed by atoms with E-state index in [4.69, 9.17) is 9.47 Å². The molecule has 0 radical (unpaired) electrons. The van der Waals surface area contributed by atoms with Crippen LogP contribution in [0.5, 0.6) is 5.75 Å². The van der Waals surface area contributed by atoms with Crippen LogP contribution in [-0.4, -0.2) is 66.8 Å². The van der Waals surface area contributed by atoms with Crippen molar-refractivity contribution in [2.45, 2.75) is 68.5 Å². The first-order valence-corrected chi connectivity index (χ1v) is 22.2. The summed E-state index contributed by atoms with van der Waals surface area (Å²) in [6.45, 7) is 2.88. The summed E-state index contributed by atoms with van der Waals surface area (Å²) in [6, 6.07) is 44.9. The monoisotopic (exact) mass is 855 g/mol. The van der Waals surface area contributed by atoms with Gasteiger partial charge in [-0.25, -0.2) is 8.42 Å². The average molecular weight is 856 g/mol. The maximum absolute atomic E-state index is 13.7. The van der Waals surface area contributed by atoms with Crippen molar-refractivity contribution >= 4 is 15.9 Å². The Kier molecular flexibility index (Phi) is 14.6. The highest BCUT2D eigenvalue weighted by Gasteiger charge is 2.33. The van der Waals surface area contributed by atoms with Crippen LogP contribution in [0.4, 0.5) is 0 Å². The zero-order valence-electron chi connectivity index (χ0n) is 34.8. The summed E-state index contributed by atoms with van der Waals surface area (Å²) < 4.78 is 42.5. The van der Waals surface area contributed by atoms with Crippen molar-refractivity contribution in [2.24, 2.45) is 0 Å². The molecule has 322 valence electrons. The Morgan fingerprint density at radius 3 is 2.18 bits per heavy atom. The number of ether oxygens (including phenoxy) is 2. The van der Waals surface area contributed by atoms with Gasteiger partial charge in [0.25, 0.3) is 0 Å². The summed E-state index contributed by atoms with van der Waals surface area (Å²) in [5, 5.41) is 33.4. The first kappa shape index (κ1) is 44.4. The third-order valence-electron chi connectivity index (χ3n) is 11.0. The van der Waals surface area contributed by atoms with Gasteiger partial charge in [-0.3, -0.25) is 4.79 Å². The van der Waals surface area contributed by atoms with E-state index in [1.165, 1.54) is 12.1 Å². The van der Waals surface area contributed by atoms with Crippen LogP contribution < -0.4 is 10.0 Å². The first-order chi connectivity index (χ1) is 29.9. The third-order valence-corrected chi connectivity index (χ3v) is 12.5. The van der Waals surface area contributed by atoms with Crippen LogP contribution in [0.2, 0.25) is 0 Å². The lowest BCUT2D eigenvalue weighted by Crippen LogP contribution is -2.47. The smallest absolute Gasteiger partial charge is 0.241 e. The molecule has 1 aliphatic heterocycles. The zero-order valence-corrected chi connectivity index (χ0v) is 35.6. The van der Waals surface area contributed by atoms with Crippen molar-refractivity contribution in [1.82, 2.24) is 14.9 Å². The number of carbonyl (C=O) groups is 1. The average Bonchev–Trinajstić information content (AvgIpc) is 3.28. The molecule has 0 unspecified atom stereocenters. The number of nitrogens with zero attached hydrogens (tertiary/aromatic N) is 1. The van der Waals surface area contributed by atoms with Gasteiger partial charge in [-0.2, -0.15) is 4.72 Å². The van der Waals surface area contributed by atoms with Crippen LogP contribution in [-0.2, 0) is 43.9 Å². The van der Waals surface area contributed by atoms with E-state index in [9.17, 15) is 28.5 Å². The molecular weight excluding hydrogens is 803 g/mol. The fourth-order valence-corrected chi connectivity index (χ4v) is 8.80. The normalized spacial score (nSPS) is 17.7. The van der Waals surface area contributed by atoms with E-state index in [1.54, 1.807) is 36.4 Å². The number of likely N-dealkylation sites (N-methyl/N-ethyl adjacent to an activating group) is 1. The quantitative estimate of drug-likeness (QED) is 0.0637. The van der Waals surface area contributed by atoms with Crippen molar-refractivity contribution in [2.75, 3.05) is 20.1 Å². The fourth-order valence-electron chi connectivity index (χ4n) is 7.60. The van der Waals surface area contributed by atoms with E-state index < -0.39 is 34.4 Å². The Labute approximate surface area is 363 Å². The van der Waals surface area contributed by atoms with Gasteiger partial charge in [0.1, 0.15) is 11.8 Å². The molecule has 0 aromatic heterocycles. The van der Waals surface area contributed by atoms with Gasteiger partial charge < -0.3 is 35.0 Å². The highest BCUT2D eigenvalue weighted by molar-refractivity contribution is 7.89. The molecule has 5 atom stereocenters. The summed E-state index contributed by atoms with van der Waals surface area (Å²) in [7, 11) is -2.05. The van der Waals surface area contributed by atoms with Gasteiger partial charge in [0.15, 0.2) is 6.29 Å². The topological polar surface area (TPSA) is 158 Å². The number of aryl methyl sites for hydroxylation is 1. The molecule has 0 aliphatic carbocycles. The number of phenols is 1. The lowest BCUT2D eigenvalue weighted by molar-refractivity contribution is -0.252. The van der Waals surface area contributed by atoms with E-state index in [2.05, 4.69) is 10.0 Å². The van der Waals surface area contributed by atoms with E-state index in [0.717, 1.165) is 44.5 Å². The van der Waals surface area contributed by atoms with Crippen molar-refractivity contribution in [3.05, 3.63) is 191 Å². The predicted octanol–water partition coefficient (Wildman–Crippen LogP) is 7.28. The number of hydrogen-bond acceptors (Lipinski definition) is 9. The third kappa shape index (κ3) is 11.8. The van der Waals surface area contributed by atoms with Crippen molar-refractivity contribution < 1.29 is 38.0 Å². The van der Waals surface area contributed by atoms with Gasteiger partial charge in [-0.15, -0.1) is 0 Å². The molecule has 1 aliphatic rings. The zero-order chi connectivity index (χ0) is 43.6. The minimum atomic E-state index is -3.98. The molecule has 1 heterocycles. The number of aromatic hydroxyl groups is 1. The minimum absolute atomic E-state index is 0.0511. The summed E-state index contributed by atoms with van der Waals surface area (Å²) >= 11 is 0. The molecule has 0 saturated carbocycles. The highest BCUT2D eigenvalue weighted by atomic mass is 32.2. The van der Waals surface area contributed by atoms with Gasteiger partial charge >= 0.3 is 0 Å². The number of nitrogens with one attached hydrogen (secondary N) is 2. The SMILES string of the molecule is Cc1ccc(S(=O)(=O)N[C@H](Cc2ccccc2)C(=O)NCc2cccc(-c3ccc([C@@H]4O[C@H](CN(C)C[C@@H](O)c5cccc(O)c5)C[C@H](c5ccc(CO)cc5)O4)cc3)c2)cc1. The predicted molar refractivity (Wildman–Crippen MR) is 238 cm³/mol. The molecule has 12 heteroatoms. The lowest BCUT2D eigenvalue weighted by atomic mass is 9.98. The molecule has 7 rings (SSSR count). The van der Waals surface area contributed by atoms with Crippen molar-refractivity contribution in [3.8, 4) is 16.9 Å². The molecule has 1 saturated heterocycles. The van der Waals surface area contributed by atoms with Crippen molar-refractivity contribution in [3.63, 3.8) is 0 Å². The van der Waals surface area contributed by atoms with Crippen LogP contribution in [0.15, 0.2) is 157 Å². The van der Waals surface area contributed by atoms with Gasteiger partial charge in [-0.05, 0) is 89.7 Å². The highest BCUT2D eigenvalue weighted by Crippen LogP contribution is 2.39. The largest absolute Gasteiger partial charge is 0.508 e. The lowest BCUT2D eigenvalue weighted by Gasteiger charge is -2.38. The Balaban J connectivity index is 1.03. The van der Waals surface area contributed by atoms with Gasteiger partial charge in [-0.1, -0.05) is 127 Å². The summed E-state index contributed by atoms with van der Waals surface area (Å²) in [4.78, 5) is 15.8. The Morgan fingerprint density at radius 2 is 1.47 bits per heavy atom. The number of hydrogen-bond donors (Lipinski definition) is 5. The number of rotatable bonds is 17. The maximum Gasteiger partial charge on any atom is 0.241 e. The Morgan fingerprint density at radius 1 is 0.774 bits per heavy atom. The molecule has 6 aromatic rings. The number of amides is 1. The molecule has 6 aromatic carbocycles. The van der Waals surface area contributed by atoms with E-state index in [0.29, 0.717) is 25.1 Å². The summed E-state index contributed by atoms with van der Waals surface area (Å²) in [5.41, 5.74) is 7.72. The molecule has 1 amide bonds. The Hall–Kier alpha value is -5.70. The molecule has 5 N–H and O–H groups in total. The summed E-state index contributed by atoms with van der Waals surface area (Å²) in [6.07, 6.45) is -1.25. The first-order valence-electron chi connectivity index (χ1n) is 20.7. The van der Waals surface area contributed by atoms with Crippen LogP contribution in [0.1, 0.15) is 63.9 Å². The molecule has 62 heavy (non-hydrogen) atoms. The molecule has 0 spiro atoms. The van der Waals surface area contributed by atoms with Crippen molar-refractivity contribution in [1.29, 1.82) is 0 Å². The van der Waals surface area contributed by atoms with Crippen LogP contribution in [0.25, 0.3) is 11.1 Å². The fraction of sp³-hybridized carbons (Fsp3) is 0.260. The van der Waals surface area contributed by atoms with E-state index >= 15 is 0 Å². The molecule has 0 bridgehead atoms. The maximum atomic E-state index is 13.7. The van der Waals surface area contributed by atoms with Crippen LogP contribution in [0.3, 0.4) is 0 Å². The number of aliphatic hydroxyl groups excluding tert-OH is 2.